The number of nitrogens with zero attached hydrogens (tertiary/aromatic N) is 2. The first-order valence-corrected chi connectivity index (χ1v) is 25.0. The Morgan fingerprint density at radius 3 is 2.43 bits per heavy atom. The summed E-state index contributed by atoms with van der Waals surface area (Å²) in [4.78, 5) is 58.7. The first kappa shape index (κ1) is 53.2. The summed E-state index contributed by atoms with van der Waals surface area (Å²) in [5, 5.41) is 29.0. The van der Waals surface area contributed by atoms with Gasteiger partial charge in [-0.3, -0.25) is 14.4 Å². The molecule has 1 aliphatic carbocycles. The minimum absolute atomic E-state index is 0.0251. The van der Waals surface area contributed by atoms with E-state index in [1.807, 2.05) is 40.1 Å². The van der Waals surface area contributed by atoms with Crippen LogP contribution >= 0.6 is 0 Å². The smallest absolute Gasteiger partial charge is 0.329 e. The molecule has 1 amide bonds. The number of fused-ring (bicyclic) bond motifs is 4. The van der Waals surface area contributed by atoms with Crippen LogP contribution in [0.4, 0.5) is 5.69 Å². The largest absolute Gasteiger partial charge is 0.456 e. The highest BCUT2D eigenvalue weighted by molar-refractivity contribution is 6.39. The lowest BCUT2D eigenvalue weighted by molar-refractivity contribution is -0.302. The normalized spacial score (nSPS) is 35.5. The van der Waals surface area contributed by atoms with Crippen molar-refractivity contribution in [3.05, 3.63) is 66.4 Å². The van der Waals surface area contributed by atoms with E-state index in [1.54, 1.807) is 34.1 Å². The van der Waals surface area contributed by atoms with E-state index in [2.05, 4.69) is 53.7 Å². The van der Waals surface area contributed by atoms with Gasteiger partial charge in [0.25, 0.3) is 11.7 Å². The van der Waals surface area contributed by atoms with Gasteiger partial charge in [0, 0.05) is 74.8 Å². The van der Waals surface area contributed by atoms with Crippen LogP contribution in [0.3, 0.4) is 0 Å². The van der Waals surface area contributed by atoms with Crippen LogP contribution in [-0.4, -0.2) is 125 Å². The van der Waals surface area contributed by atoms with E-state index < -0.39 is 77.8 Å². The number of hydrogen-bond acceptors (Lipinski definition) is 12. The zero-order chi connectivity index (χ0) is 49.4. The lowest BCUT2D eigenvalue weighted by atomic mass is 9.80. The van der Waals surface area contributed by atoms with Crippen molar-refractivity contribution < 1.29 is 53.1 Å². The van der Waals surface area contributed by atoms with Crippen LogP contribution in [0, 0.1) is 29.6 Å². The van der Waals surface area contributed by atoms with Crippen molar-refractivity contribution in [2.24, 2.45) is 36.6 Å². The average Bonchev–Trinajstić information content (AvgIpc) is 3.70. The lowest BCUT2D eigenvalue weighted by Crippen LogP contribution is -2.64. The Kier molecular flexibility index (Phi) is 18.5. The fourth-order valence-corrected chi connectivity index (χ4v) is 11.3. The predicted molar refractivity (Wildman–Crippen MR) is 262 cm³/mol. The Morgan fingerprint density at radius 1 is 0.985 bits per heavy atom. The molecule has 0 radical (unpaired) electrons. The topological polar surface area (TPSA) is 175 Å². The molecule has 1 aromatic heterocycles. The molecule has 68 heavy (non-hydrogen) atoms. The van der Waals surface area contributed by atoms with Crippen LogP contribution in [0.2, 0.25) is 0 Å². The number of piperidine rings is 1. The standard InChI is InChI=1S/C54H79N3O11/c1-11-23-66-46-29-37(16-18-41(46)55-40-17-19-42-39(30-40)20-22-56(42)8)27-34(5)49-36(7)44(58)31-45(59)38(12-2)25-32(3)24-33(4)26-47(64-9)50-48(65-10)28-35(6)54(63,68-50)51(60)52(61)57-21-14-13-15-43(57)53(62)67-49/h11,17,19-20,22,25,27,30,33,35-38,41,43-44,46-50,55,58,63H,1,12-16,18,21,23-24,26,28-29,31H2,2-10H3. The zero-order valence-electron chi connectivity index (χ0n) is 42.0. The third-order valence-electron chi connectivity index (χ3n) is 15.3. The van der Waals surface area contributed by atoms with Crippen molar-refractivity contribution in [1.82, 2.24) is 9.47 Å². The number of esters is 1. The molecule has 14 unspecified atom stereocenters. The van der Waals surface area contributed by atoms with Crippen molar-refractivity contribution in [2.75, 3.05) is 32.7 Å². The molecule has 14 atom stereocenters. The SMILES string of the molecule is C=CCOC1CC(C=C(C)C2OC(=O)C3CCCCN3C(=O)C(=O)C3(O)OC(C(OC)CC(C)CC(C)=CC(CC)C(=O)CC(O)C2C)C(OC)CC3C)CCC1Nc1ccc2c(ccn2C)c1. The van der Waals surface area contributed by atoms with Crippen LogP contribution in [0.5, 0.6) is 0 Å². The summed E-state index contributed by atoms with van der Waals surface area (Å²) in [7, 11) is 5.11. The minimum atomic E-state index is -2.51. The van der Waals surface area contributed by atoms with Gasteiger partial charge in [-0.1, -0.05) is 51.5 Å². The van der Waals surface area contributed by atoms with Gasteiger partial charge in [0.2, 0.25) is 5.79 Å². The number of methoxy groups -OCH3 is 2. The summed E-state index contributed by atoms with van der Waals surface area (Å²) in [5.74, 6) is -7.47. The molecule has 4 heterocycles. The molecule has 3 fully saturated rings. The van der Waals surface area contributed by atoms with E-state index in [9.17, 15) is 29.4 Å². The summed E-state index contributed by atoms with van der Waals surface area (Å²) in [6.45, 7) is 15.7. The highest BCUT2D eigenvalue weighted by Crippen LogP contribution is 2.40. The second kappa shape index (κ2) is 23.6. The Balaban J connectivity index is 1.31. The number of allylic oxidation sites excluding steroid dienone is 3. The van der Waals surface area contributed by atoms with Crippen LogP contribution < -0.4 is 5.32 Å². The number of carbonyl (C=O) groups excluding carboxylic acids is 4. The second-order valence-corrected chi connectivity index (χ2v) is 20.4. The Hall–Kier alpha value is -4.18. The van der Waals surface area contributed by atoms with Gasteiger partial charge in [-0.2, -0.15) is 0 Å². The summed E-state index contributed by atoms with van der Waals surface area (Å²) in [6, 6.07) is 7.33. The first-order chi connectivity index (χ1) is 32.4. The average molecular weight is 946 g/mol. The lowest BCUT2D eigenvalue weighted by Gasteiger charge is -2.47. The molecule has 6 rings (SSSR count). The van der Waals surface area contributed by atoms with Gasteiger partial charge in [-0.15, -0.1) is 6.58 Å². The van der Waals surface area contributed by atoms with Gasteiger partial charge >= 0.3 is 5.97 Å². The molecule has 14 nitrogen and oxygen atoms in total. The number of nitrogens with one attached hydrogen (secondary N) is 1. The molecule has 3 N–H and O–H groups in total. The van der Waals surface area contributed by atoms with E-state index >= 15 is 0 Å². The van der Waals surface area contributed by atoms with Gasteiger partial charge in [-0.05, 0) is 120 Å². The van der Waals surface area contributed by atoms with Crippen LogP contribution in [0.1, 0.15) is 112 Å². The van der Waals surface area contributed by atoms with Crippen molar-refractivity contribution >= 4 is 40.0 Å². The molecule has 376 valence electrons. The molecule has 2 aromatic rings. The van der Waals surface area contributed by atoms with E-state index in [1.165, 1.54) is 4.90 Å². The van der Waals surface area contributed by atoms with Gasteiger partial charge in [0.05, 0.1) is 37.1 Å². The quantitative estimate of drug-likeness (QED) is 0.121. The van der Waals surface area contributed by atoms with Crippen molar-refractivity contribution in [3.8, 4) is 0 Å². The molecular weight excluding hydrogens is 867 g/mol. The Labute approximate surface area is 403 Å². The number of rotatable bonds is 10. The first-order valence-electron chi connectivity index (χ1n) is 25.0. The number of ether oxygens (including phenoxy) is 5. The molecule has 2 saturated heterocycles. The van der Waals surface area contributed by atoms with Gasteiger partial charge in [0.1, 0.15) is 24.0 Å². The van der Waals surface area contributed by atoms with Gasteiger partial charge in [0.15, 0.2) is 0 Å². The van der Waals surface area contributed by atoms with Crippen LogP contribution in [0.15, 0.2) is 66.4 Å². The number of ketones is 2. The third-order valence-corrected chi connectivity index (χ3v) is 15.3. The summed E-state index contributed by atoms with van der Waals surface area (Å²) in [6.07, 6.45) is 8.87. The third kappa shape index (κ3) is 12.2. The molecule has 2 bridgehead atoms. The highest BCUT2D eigenvalue weighted by atomic mass is 16.7. The molecule has 1 aromatic carbocycles. The van der Waals surface area contributed by atoms with Crippen molar-refractivity contribution in [2.45, 2.75) is 167 Å². The maximum Gasteiger partial charge on any atom is 0.329 e. The number of cyclic esters (lactones) is 1. The number of hydrogen-bond donors (Lipinski definition) is 3. The number of benzene rings is 1. The summed E-state index contributed by atoms with van der Waals surface area (Å²) < 4.78 is 33.0. The number of aliphatic hydroxyl groups is 2. The number of aliphatic hydroxyl groups excluding tert-OH is 1. The molecule has 3 aliphatic heterocycles. The maximum absolute atomic E-state index is 14.6. The summed E-state index contributed by atoms with van der Waals surface area (Å²) >= 11 is 0. The van der Waals surface area contributed by atoms with Crippen molar-refractivity contribution in [3.63, 3.8) is 0 Å². The van der Waals surface area contributed by atoms with E-state index in [0.29, 0.717) is 50.7 Å². The Morgan fingerprint density at radius 2 is 1.72 bits per heavy atom. The van der Waals surface area contributed by atoms with Crippen LogP contribution in [-0.2, 0) is 49.9 Å². The Bertz CT molecular complexity index is 2150. The second-order valence-electron chi connectivity index (χ2n) is 20.4. The van der Waals surface area contributed by atoms with Crippen molar-refractivity contribution in [1.29, 1.82) is 0 Å². The van der Waals surface area contributed by atoms with Gasteiger partial charge < -0.3 is 48.7 Å². The number of aryl methyl sites for hydroxylation is 1. The van der Waals surface area contributed by atoms with E-state index in [0.717, 1.165) is 35.0 Å². The van der Waals surface area contributed by atoms with E-state index in [-0.39, 0.29) is 55.6 Å². The predicted octanol–water partition coefficient (Wildman–Crippen LogP) is 7.64. The van der Waals surface area contributed by atoms with Crippen LogP contribution in [0.25, 0.3) is 10.9 Å². The maximum atomic E-state index is 14.6. The number of Topliss-reactive ketones (excluding diaryl/α,β-unsaturated/α-hetero) is 2. The zero-order valence-corrected chi connectivity index (χ0v) is 42.0. The fourth-order valence-electron chi connectivity index (χ4n) is 11.3. The number of carbonyl (C=O) groups is 4. The molecule has 0 spiro atoms. The molecule has 4 aliphatic rings. The number of anilines is 1. The fraction of sp³-hybridized carbons (Fsp3) is 0.667. The summed E-state index contributed by atoms with van der Waals surface area (Å²) in [5.41, 5.74) is 3.86. The highest BCUT2D eigenvalue weighted by Gasteiger charge is 2.56. The number of aromatic nitrogens is 1. The molecule has 14 heteroatoms. The molecule has 1 saturated carbocycles. The van der Waals surface area contributed by atoms with E-state index in [4.69, 9.17) is 23.7 Å². The molecular formula is C54H79N3O11. The monoisotopic (exact) mass is 946 g/mol. The number of amides is 1. The van der Waals surface area contributed by atoms with Gasteiger partial charge in [-0.25, -0.2) is 4.79 Å². The minimum Gasteiger partial charge on any atom is -0.456 e.